The van der Waals surface area contributed by atoms with E-state index in [2.05, 4.69) is 20.2 Å². The molecule has 142 valence electrons. The maximum absolute atomic E-state index is 13.2. The highest BCUT2D eigenvalue weighted by atomic mass is 32.2. The normalized spacial score (nSPS) is 14.0. The number of benzene rings is 1. The third kappa shape index (κ3) is 3.08. The number of nitrogens with two attached hydrogens (primary N) is 1. The van der Waals surface area contributed by atoms with Crippen molar-refractivity contribution in [1.82, 2.24) is 24.8 Å². The standard InChI is InChI=1S/C18H15FN6OS2/c19-11-5-3-9(4-6-11)12-7-27-17-14(12)16(26)21-13(22-17)8-28-18-24-23-15(25(18)20)10-1-2-10/h3-7,10H,1-2,8,20H2,(H,21,22,26). The summed E-state index contributed by atoms with van der Waals surface area (Å²) in [6, 6.07) is 6.08. The number of halogens is 1. The summed E-state index contributed by atoms with van der Waals surface area (Å²) in [6.07, 6.45) is 2.20. The second kappa shape index (κ2) is 6.71. The van der Waals surface area contributed by atoms with Gasteiger partial charge in [0.15, 0.2) is 5.82 Å². The Bertz CT molecular complexity index is 1230. The van der Waals surface area contributed by atoms with Gasteiger partial charge in [-0.25, -0.2) is 14.1 Å². The van der Waals surface area contributed by atoms with Gasteiger partial charge in [-0.1, -0.05) is 23.9 Å². The summed E-state index contributed by atoms with van der Waals surface area (Å²) in [6.45, 7) is 0. The van der Waals surface area contributed by atoms with Crippen LogP contribution >= 0.6 is 23.1 Å². The Balaban J connectivity index is 1.42. The van der Waals surface area contributed by atoms with Crippen molar-refractivity contribution in [3.63, 3.8) is 0 Å². The molecule has 5 rings (SSSR count). The lowest BCUT2D eigenvalue weighted by atomic mass is 10.1. The van der Waals surface area contributed by atoms with Gasteiger partial charge in [-0.15, -0.1) is 21.5 Å². The number of H-pyrrole nitrogens is 1. The van der Waals surface area contributed by atoms with Crippen LogP contribution in [0.1, 0.15) is 30.4 Å². The Kier molecular flexibility index (Phi) is 4.17. The Hall–Kier alpha value is -2.72. The summed E-state index contributed by atoms with van der Waals surface area (Å²) in [5.41, 5.74) is 1.32. The fourth-order valence-electron chi connectivity index (χ4n) is 3.04. The predicted molar refractivity (Wildman–Crippen MR) is 107 cm³/mol. The van der Waals surface area contributed by atoms with E-state index in [-0.39, 0.29) is 11.4 Å². The third-order valence-electron chi connectivity index (χ3n) is 4.62. The van der Waals surface area contributed by atoms with Crippen molar-refractivity contribution < 1.29 is 4.39 Å². The fraction of sp³-hybridized carbons (Fsp3) is 0.222. The first-order valence-corrected chi connectivity index (χ1v) is 10.6. The summed E-state index contributed by atoms with van der Waals surface area (Å²) in [4.78, 5) is 20.7. The summed E-state index contributed by atoms with van der Waals surface area (Å²) in [5, 5.41) is 11.3. The summed E-state index contributed by atoms with van der Waals surface area (Å²) < 4.78 is 14.7. The molecular formula is C18H15FN6OS2. The van der Waals surface area contributed by atoms with Gasteiger partial charge in [0.2, 0.25) is 5.16 Å². The number of nitrogens with one attached hydrogen (secondary N) is 1. The number of fused-ring (bicyclic) bond motifs is 1. The maximum atomic E-state index is 13.2. The first kappa shape index (κ1) is 17.4. The minimum atomic E-state index is -0.313. The zero-order chi connectivity index (χ0) is 19.3. The van der Waals surface area contributed by atoms with Crippen LogP contribution in [0.2, 0.25) is 0 Å². The molecule has 10 heteroatoms. The van der Waals surface area contributed by atoms with E-state index in [1.807, 2.05) is 5.38 Å². The molecule has 0 aliphatic heterocycles. The van der Waals surface area contributed by atoms with Crippen molar-refractivity contribution in [2.24, 2.45) is 0 Å². The molecule has 1 aliphatic carbocycles. The van der Waals surface area contributed by atoms with Gasteiger partial charge in [0, 0.05) is 16.9 Å². The Labute approximate surface area is 166 Å². The molecule has 3 N–H and O–H groups in total. The van der Waals surface area contributed by atoms with Gasteiger partial charge in [-0.2, -0.15) is 0 Å². The molecule has 0 unspecified atom stereocenters. The molecule has 1 aliphatic rings. The van der Waals surface area contributed by atoms with Gasteiger partial charge in [0.05, 0.1) is 11.1 Å². The minimum absolute atomic E-state index is 0.214. The molecule has 4 aromatic rings. The molecule has 0 atom stereocenters. The van der Waals surface area contributed by atoms with E-state index >= 15 is 0 Å². The van der Waals surface area contributed by atoms with E-state index < -0.39 is 0 Å². The van der Waals surface area contributed by atoms with Crippen molar-refractivity contribution in [3.05, 3.63) is 57.5 Å². The largest absolute Gasteiger partial charge is 0.336 e. The Morgan fingerprint density at radius 3 is 2.82 bits per heavy atom. The lowest BCUT2D eigenvalue weighted by Crippen LogP contribution is -2.14. The SMILES string of the molecule is Nn1c(SCc2nc3scc(-c4ccc(F)cc4)c3c(=O)[nH]2)nnc1C1CC1. The van der Waals surface area contributed by atoms with Gasteiger partial charge in [0.1, 0.15) is 16.5 Å². The van der Waals surface area contributed by atoms with Crippen LogP contribution < -0.4 is 11.4 Å². The van der Waals surface area contributed by atoms with Crippen molar-refractivity contribution in [1.29, 1.82) is 0 Å². The molecule has 0 spiro atoms. The molecule has 0 amide bonds. The molecule has 1 saturated carbocycles. The second-order valence-electron chi connectivity index (χ2n) is 6.62. The van der Waals surface area contributed by atoms with E-state index in [4.69, 9.17) is 5.84 Å². The summed E-state index contributed by atoms with van der Waals surface area (Å²) in [5.74, 6) is 7.94. The lowest BCUT2D eigenvalue weighted by molar-refractivity contribution is 0.628. The molecule has 0 radical (unpaired) electrons. The van der Waals surface area contributed by atoms with Crippen molar-refractivity contribution in [2.45, 2.75) is 29.7 Å². The highest BCUT2D eigenvalue weighted by Crippen LogP contribution is 2.39. The molecule has 3 heterocycles. The quantitative estimate of drug-likeness (QED) is 0.384. The van der Waals surface area contributed by atoms with E-state index in [0.717, 1.165) is 29.8 Å². The van der Waals surface area contributed by atoms with Crippen LogP contribution in [0.5, 0.6) is 0 Å². The summed E-state index contributed by atoms with van der Waals surface area (Å²) >= 11 is 2.77. The predicted octanol–water partition coefficient (Wildman–Crippen LogP) is 3.27. The molecule has 3 aromatic heterocycles. The van der Waals surface area contributed by atoms with Gasteiger partial charge in [-0.3, -0.25) is 4.79 Å². The van der Waals surface area contributed by atoms with Crippen LogP contribution in [0.3, 0.4) is 0 Å². The number of thiophene rings is 1. The third-order valence-corrected chi connectivity index (χ3v) is 6.45. The van der Waals surface area contributed by atoms with Crippen LogP contribution in [-0.4, -0.2) is 24.8 Å². The zero-order valence-electron chi connectivity index (χ0n) is 14.6. The highest BCUT2D eigenvalue weighted by molar-refractivity contribution is 7.98. The summed E-state index contributed by atoms with van der Waals surface area (Å²) in [7, 11) is 0. The average Bonchev–Trinajstić information content (AvgIpc) is 3.33. The van der Waals surface area contributed by atoms with Crippen molar-refractivity contribution >= 4 is 33.3 Å². The van der Waals surface area contributed by atoms with E-state index in [1.54, 1.807) is 12.1 Å². The Morgan fingerprint density at radius 1 is 1.29 bits per heavy atom. The molecule has 1 fully saturated rings. The number of nitrogens with zero attached hydrogens (tertiary/aromatic N) is 4. The topological polar surface area (TPSA) is 102 Å². The van der Waals surface area contributed by atoms with Crippen molar-refractivity contribution in [3.8, 4) is 11.1 Å². The molecule has 0 bridgehead atoms. The molecule has 1 aromatic carbocycles. The van der Waals surface area contributed by atoms with Crippen LogP contribution in [0.4, 0.5) is 4.39 Å². The lowest BCUT2D eigenvalue weighted by Gasteiger charge is -2.03. The highest BCUT2D eigenvalue weighted by Gasteiger charge is 2.30. The van der Waals surface area contributed by atoms with Crippen LogP contribution in [0.15, 0.2) is 39.6 Å². The minimum Gasteiger partial charge on any atom is -0.336 e. The Morgan fingerprint density at radius 2 is 2.07 bits per heavy atom. The molecule has 28 heavy (non-hydrogen) atoms. The van der Waals surface area contributed by atoms with Gasteiger partial charge < -0.3 is 10.8 Å². The number of aromatic nitrogens is 5. The van der Waals surface area contributed by atoms with Crippen LogP contribution in [-0.2, 0) is 5.75 Å². The number of rotatable bonds is 5. The number of thioether (sulfide) groups is 1. The van der Waals surface area contributed by atoms with E-state index in [0.29, 0.717) is 32.9 Å². The first-order valence-electron chi connectivity index (χ1n) is 8.69. The number of nitrogen functional groups attached to an aromatic ring is 1. The molecular weight excluding hydrogens is 399 g/mol. The smallest absolute Gasteiger partial charge is 0.260 e. The van der Waals surface area contributed by atoms with Gasteiger partial charge in [-0.05, 0) is 30.5 Å². The van der Waals surface area contributed by atoms with Gasteiger partial charge >= 0.3 is 0 Å². The van der Waals surface area contributed by atoms with E-state index in [1.165, 1.54) is 39.9 Å². The fourth-order valence-corrected chi connectivity index (χ4v) is 4.74. The van der Waals surface area contributed by atoms with Crippen LogP contribution in [0, 0.1) is 5.82 Å². The van der Waals surface area contributed by atoms with Crippen molar-refractivity contribution in [2.75, 3.05) is 5.84 Å². The average molecular weight is 414 g/mol. The second-order valence-corrected chi connectivity index (χ2v) is 8.42. The number of aromatic amines is 1. The molecule has 0 saturated heterocycles. The van der Waals surface area contributed by atoms with Crippen LogP contribution in [0.25, 0.3) is 21.3 Å². The maximum Gasteiger partial charge on any atom is 0.260 e. The number of hydrogen-bond acceptors (Lipinski definition) is 7. The van der Waals surface area contributed by atoms with E-state index in [9.17, 15) is 9.18 Å². The zero-order valence-corrected chi connectivity index (χ0v) is 16.2. The first-order chi connectivity index (χ1) is 13.6. The molecule has 7 nitrogen and oxygen atoms in total. The number of hydrogen-bond donors (Lipinski definition) is 2. The van der Waals surface area contributed by atoms with Gasteiger partial charge in [0.25, 0.3) is 5.56 Å². The monoisotopic (exact) mass is 414 g/mol.